The van der Waals surface area contributed by atoms with Crippen LogP contribution >= 0.6 is 15.9 Å². The van der Waals surface area contributed by atoms with Gasteiger partial charge in [-0.3, -0.25) is 9.78 Å². The standard InChI is InChI=1S/C18H16BrN3O/c1-12-16(18(23)22(10-9-20)15-5-6-15)7-8-17(21-12)13-3-2-4-14(19)11-13/h2-4,7-8,11,15H,5-6,10H2,1H3. The SMILES string of the molecule is Cc1nc(-c2cccc(Br)c2)ccc1C(=O)N(CC#N)C1CC1. The minimum absolute atomic E-state index is 0.0974. The number of hydrogen-bond acceptors (Lipinski definition) is 3. The summed E-state index contributed by atoms with van der Waals surface area (Å²) in [4.78, 5) is 18.9. The van der Waals surface area contributed by atoms with Gasteiger partial charge in [-0.05, 0) is 44.0 Å². The topological polar surface area (TPSA) is 57.0 Å². The summed E-state index contributed by atoms with van der Waals surface area (Å²) in [7, 11) is 0. The zero-order valence-corrected chi connectivity index (χ0v) is 14.4. The number of pyridine rings is 1. The Morgan fingerprint density at radius 1 is 1.39 bits per heavy atom. The Bertz CT molecular complexity index is 793. The second-order valence-corrected chi connectivity index (χ2v) is 6.58. The summed E-state index contributed by atoms with van der Waals surface area (Å²) in [6.45, 7) is 1.97. The number of hydrogen-bond donors (Lipinski definition) is 0. The van der Waals surface area contributed by atoms with E-state index in [1.165, 1.54) is 0 Å². The van der Waals surface area contributed by atoms with Crippen LogP contribution in [-0.2, 0) is 0 Å². The third kappa shape index (κ3) is 3.43. The van der Waals surface area contributed by atoms with Gasteiger partial charge in [0, 0.05) is 16.1 Å². The van der Waals surface area contributed by atoms with Gasteiger partial charge in [0.05, 0.1) is 23.0 Å². The number of benzene rings is 1. The average molecular weight is 370 g/mol. The van der Waals surface area contributed by atoms with E-state index >= 15 is 0 Å². The highest BCUT2D eigenvalue weighted by Crippen LogP contribution is 2.29. The molecule has 1 saturated carbocycles. The Hall–Kier alpha value is -2.19. The maximum atomic E-state index is 12.7. The molecule has 1 heterocycles. The smallest absolute Gasteiger partial charge is 0.256 e. The highest BCUT2D eigenvalue weighted by Gasteiger charge is 2.33. The molecule has 0 spiro atoms. The lowest BCUT2D eigenvalue weighted by Gasteiger charge is -2.20. The normalized spacial score (nSPS) is 13.4. The molecule has 0 saturated heterocycles. The molecule has 0 N–H and O–H groups in total. The Balaban J connectivity index is 1.90. The Kier molecular flexibility index (Phi) is 4.44. The van der Waals surface area contributed by atoms with Crippen LogP contribution in [-0.4, -0.2) is 28.4 Å². The second kappa shape index (κ2) is 6.51. The van der Waals surface area contributed by atoms with Crippen LogP contribution in [0.3, 0.4) is 0 Å². The van der Waals surface area contributed by atoms with Crippen molar-refractivity contribution < 1.29 is 4.79 Å². The first-order valence-corrected chi connectivity index (χ1v) is 8.31. The van der Waals surface area contributed by atoms with Crippen molar-refractivity contribution >= 4 is 21.8 Å². The number of carbonyl (C=O) groups excluding carboxylic acids is 1. The molecule has 1 aromatic carbocycles. The van der Waals surface area contributed by atoms with Gasteiger partial charge < -0.3 is 4.90 Å². The van der Waals surface area contributed by atoms with Gasteiger partial charge >= 0.3 is 0 Å². The summed E-state index contributed by atoms with van der Waals surface area (Å²) in [6, 6.07) is 13.9. The zero-order valence-electron chi connectivity index (χ0n) is 12.8. The number of carbonyl (C=O) groups is 1. The quantitative estimate of drug-likeness (QED) is 0.766. The predicted octanol–water partition coefficient (Wildman–Crippen LogP) is 3.95. The van der Waals surface area contributed by atoms with Gasteiger partial charge in [-0.25, -0.2) is 0 Å². The third-order valence-electron chi connectivity index (χ3n) is 3.93. The first kappa shape index (κ1) is 15.7. The number of amides is 1. The number of aromatic nitrogens is 1. The number of halogens is 1. The highest BCUT2D eigenvalue weighted by atomic mass is 79.9. The third-order valence-corrected chi connectivity index (χ3v) is 4.42. The van der Waals surface area contributed by atoms with E-state index in [9.17, 15) is 4.79 Å². The van der Waals surface area contributed by atoms with Crippen molar-refractivity contribution in [2.45, 2.75) is 25.8 Å². The molecule has 4 nitrogen and oxygen atoms in total. The van der Waals surface area contributed by atoms with E-state index in [1.54, 1.807) is 4.90 Å². The van der Waals surface area contributed by atoms with Gasteiger partial charge in [0.2, 0.25) is 0 Å². The van der Waals surface area contributed by atoms with Crippen LogP contribution in [0.25, 0.3) is 11.3 Å². The van der Waals surface area contributed by atoms with Gasteiger partial charge in [-0.1, -0.05) is 28.1 Å². The lowest BCUT2D eigenvalue weighted by Crippen LogP contribution is -2.34. The minimum atomic E-state index is -0.0974. The highest BCUT2D eigenvalue weighted by molar-refractivity contribution is 9.10. The molecular formula is C18H16BrN3O. The lowest BCUT2D eigenvalue weighted by molar-refractivity contribution is 0.0763. The largest absolute Gasteiger partial charge is 0.322 e. The monoisotopic (exact) mass is 369 g/mol. The summed E-state index contributed by atoms with van der Waals surface area (Å²) >= 11 is 3.46. The minimum Gasteiger partial charge on any atom is -0.322 e. The maximum absolute atomic E-state index is 12.7. The molecule has 23 heavy (non-hydrogen) atoms. The molecule has 1 aliphatic rings. The van der Waals surface area contributed by atoms with Crippen LogP contribution in [0, 0.1) is 18.3 Å². The van der Waals surface area contributed by atoms with Crippen LogP contribution in [0.4, 0.5) is 0 Å². The summed E-state index contributed by atoms with van der Waals surface area (Å²) in [5.74, 6) is -0.0974. The van der Waals surface area contributed by atoms with E-state index < -0.39 is 0 Å². The lowest BCUT2D eigenvalue weighted by atomic mass is 10.1. The van der Waals surface area contributed by atoms with E-state index in [-0.39, 0.29) is 18.5 Å². The number of nitriles is 1. The van der Waals surface area contributed by atoms with Crippen molar-refractivity contribution in [3.8, 4) is 17.3 Å². The van der Waals surface area contributed by atoms with E-state index in [0.717, 1.165) is 28.6 Å². The average Bonchev–Trinajstić information content (AvgIpc) is 3.36. The molecule has 116 valence electrons. The van der Waals surface area contributed by atoms with Gasteiger partial charge in [-0.2, -0.15) is 5.26 Å². The van der Waals surface area contributed by atoms with Crippen molar-refractivity contribution in [2.24, 2.45) is 0 Å². The molecule has 2 aromatic rings. The van der Waals surface area contributed by atoms with Gasteiger partial charge in [0.15, 0.2) is 0 Å². The fraction of sp³-hybridized carbons (Fsp3) is 0.278. The maximum Gasteiger partial charge on any atom is 0.256 e. The summed E-state index contributed by atoms with van der Waals surface area (Å²) in [5.41, 5.74) is 3.10. The van der Waals surface area contributed by atoms with Crippen LogP contribution in [0.15, 0.2) is 40.9 Å². The molecule has 0 unspecified atom stereocenters. The number of rotatable bonds is 4. The molecule has 0 atom stereocenters. The molecule has 0 aliphatic heterocycles. The van der Waals surface area contributed by atoms with Crippen molar-refractivity contribution in [1.29, 1.82) is 5.26 Å². The van der Waals surface area contributed by atoms with E-state index in [1.807, 2.05) is 43.3 Å². The molecule has 1 fully saturated rings. The van der Waals surface area contributed by atoms with Crippen molar-refractivity contribution in [2.75, 3.05) is 6.54 Å². The first-order valence-electron chi connectivity index (χ1n) is 7.51. The van der Waals surface area contributed by atoms with E-state index in [4.69, 9.17) is 5.26 Å². The Morgan fingerprint density at radius 2 is 2.17 bits per heavy atom. The van der Waals surface area contributed by atoms with Gasteiger partial charge in [0.25, 0.3) is 5.91 Å². The fourth-order valence-corrected chi connectivity index (χ4v) is 2.98. The van der Waals surface area contributed by atoms with Gasteiger partial charge in [-0.15, -0.1) is 0 Å². The molecule has 5 heteroatoms. The van der Waals surface area contributed by atoms with Crippen LogP contribution in [0.1, 0.15) is 28.9 Å². The van der Waals surface area contributed by atoms with E-state index in [0.29, 0.717) is 11.3 Å². The number of aryl methyl sites for hydroxylation is 1. The summed E-state index contributed by atoms with van der Waals surface area (Å²) < 4.78 is 0.989. The van der Waals surface area contributed by atoms with Crippen molar-refractivity contribution in [3.05, 3.63) is 52.1 Å². The second-order valence-electron chi connectivity index (χ2n) is 5.66. The molecule has 1 aliphatic carbocycles. The van der Waals surface area contributed by atoms with Crippen LogP contribution in [0.2, 0.25) is 0 Å². The molecule has 1 aromatic heterocycles. The van der Waals surface area contributed by atoms with Crippen molar-refractivity contribution in [1.82, 2.24) is 9.88 Å². The Labute approximate surface area is 143 Å². The zero-order chi connectivity index (χ0) is 16.4. The predicted molar refractivity (Wildman–Crippen MR) is 91.8 cm³/mol. The molecule has 1 amide bonds. The summed E-state index contributed by atoms with van der Waals surface area (Å²) in [6.07, 6.45) is 1.96. The fourth-order valence-electron chi connectivity index (χ4n) is 2.58. The van der Waals surface area contributed by atoms with Gasteiger partial charge in [0.1, 0.15) is 6.54 Å². The van der Waals surface area contributed by atoms with Crippen LogP contribution < -0.4 is 0 Å². The van der Waals surface area contributed by atoms with Crippen LogP contribution in [0.5, 0.6) is 0 Å². The molecular weight excluding hydrogens is 354 g/mol. The van der Waals surface area contributed by atoms with E-state index in [2.05, 4.69) is 27.0 Å². The molecule has 0 radical (unpaired) electrons. The first-order chi connectivity index (χ1) is 11.1. The Morgan fingerprint density at radius 3 is 2.78 bits per heavy atom. The number of nitrogens with zero attached hydrogens (tertiary/aromatic N) is 3. The molecule has 0 bridgehead atoms. The van der Waals surface area contributed by atoms with Crippen molar-refractivity contribution in [3.63, 3.8) is 0 Å². The molecule has 3 rings (SSSR count). The summed E-state index contributed by atoms with van der Waals surface area (Å²) in [5, 5.41) is 8.93.